The van der Waals surface area contributed by atoms with E-state index in [1.807, 2.05) is 26.2 Å². The van der Waals surface area contributed by atoms with Gasteiger partial charge in [-0.15, -0.1) is 0 Å². The van der Waals surface area contributed by atoms with Crippen molar-refractivity contribution in [3.8, 4) is 5.75 Å². The summed E-state index contributed by atoms with van der Waals surface area (Å²) in [5, 5.41) is 2.35. The summed E-state index contributed by atoms with van der Waals surface area (Å²) in [6.07, 6.45) is 0. The van der Waals surface area contributed by atoms with Crippen LogP contribution in [0.25, 0.3) is 0 Å². The van der Waals surface area contributed by atoms with Gasteiger partial charge in [0.1, 0.15) is 5.75 Å². The highest BCUT2D eigenvalue weighted by molar-refractivity contribution is 6.30. The van der Waals surface area contributed by atoms with Crippen LogP contribution in [-0.4, -0.2) is 19.2 Å². The van der Waals surface area contributed by atoms with E-state index in [9.17, 15) is 0 Å². The smallest absolute Gasteiger partial charge is 0.147 e. The molecular weight excluding hydrogens is 162 g/mol. The third-order valence-electron chi connectivity index (χ3n) is 1.10. The van der Waals surface area contributed by atoms with Crippen LogP contribution in [0.2, 0.25) is 5.02 Å². The molecule has 1 aromatic carbocycles. The Morgan fingerprint density at radius 1 is 1.18 bits per heavy atom. The highest BCUT2D eigenvalue weighted by atomic mass is 35.5. The maximum absolute atomic E-state index is 5.68. The lowest BCUT2D eigenvalue weighted by atomic mass is 10.3. The summed E-state index contributed by atoms with van der Waals surface area (Å²) >= 11 is 5.68. The summed E-state index contributed by atoms with van der Waals surface area (Å²) in [5.74, 6) is 0.791. The van der Waals surface area contributed by atoms with Gasteiger partial charge in [0.05, 0.1) is 0 Å². The summed E-state index contributed by atoms with van der Waals surface area (Å²) in [5.41, 5.74) is 0. The van der Waals surface area contributed by atoms with Crippen LogP contribution in [0.4, 0.5) is 0 Å². The molecule has 0 heterocycles. The van der Waals surface area contributed by atoms with E-state index in [-0.39, 0.29) is 0 Å². The van der Waals surface area contributed by atoms with Gasteiger partial charge in [0, 0.05) is 19.1 Å². The Morgan fingerprint density at radius 3 is 2.18 bits per heavy atom. The van der Waals surface area contributed by atoms with Crippen LogP contribution in [0, 0.1) is 0 Å². The van der Waals surface area contributed by atoms with Crippen molar-refractivity contribution in [3.63, 3.8) is 0 Å². The minimum absolute atomic E-state index is 0.719. The number of benzene rings is 1. The molecule has 2 nitrogen and oxygen atoms in total. The largest absolute Gasteiger partial charge is 0.407 e. The van der Waals surface area contributed by atoms with E-state index in [1.165, 1.54) is 0 Å². The molecule has 0 radical (unpaired) electrons. The van der Waals surface area contributed by atoms with Crippen LogP contribution < -0.4 is 4.84 Å². The highest BCUT2D eigenvalue weighted by Crippen LogP contribution is 2.15. The Balaban J connectivity index is 2.66. The molecule has 0 spiro atoms. The lowest BCUT2D eigenvalue weighted by Gasteiger charge is -2.10. The number of rotatable bonds is 2. The fourth-order valence-corrected chi connectivity index (χ4v) is 0.832. The predicted octanol–water partition coefficient (Wildman–Crippen LogP) is 2.20. The Morgan fingerprint density at radius 2 is 1.73 bits per heavy atom. The highest BCUT2D eigenvalue weighted by Gasteiger charge is 1.93. The molecule has 0 saturated carbocycles. The average Bonchev–Trinajstić information content (AvgIpc) is 1.93. The minimum Gasteiger partial charge on any atom is -0.407 e. The molecule has 0 saturated heterocycles. The summed E-state index contributed by atoms with van der Waals surface area (Å²) in [4.78, 5) is 5.24. The molecule has 0 unspecified atom stereocenters. The molecule has 0 bridgehead atoms. The first-order valence-electron chi connectivity index (χ1n) is 3.29. The molecule has 0 aliphatic heterocycles. The van der Waals surface area contributed by atoms with Crippen molar-refractivity contribution in [1.29, 1.82) is 0 Å². The number of nitrogens with zero attached hydrogens (tertiary/aromatic N) is 1. The van der Waals surface area contributed by atoms with Gasteiger partial charge in [0.15, 0.2) is 0 Å². The second-order valence-electron chi connectivity index (χ2n) is 2.36. The quantitative estimate of drug-likeness (QED) is 0.633. The van der Waals surface area contributed by atoms with E-state index in [2.05, 4.69) is 0 Å². The number of hydrogen-bond acceptors (Lipinski definition) is 2. The molecule has 1 aromatic rings. The lowest BCUT2D eigenvalue weighted by molar-refractivity contribution is -0.00325. The van der Waals surface area contributed by atoms with Crippen molar-refractivity contribution in [2.45, 2.75) is 0 Å². The van der Waals surface area contributed by atoms with Gasteiger partial charge in [0.2, 0.25) is 0 Å². The van der Waals surface area contributed by atoms with Crippen molar-refractivity contribution in [2.24, 2.45) is 0 Å². The maximum Gasteiger partial charge on any atom is 0.147 e. The number of hydroxylamine groups is 2. The summed E-state index contributed by atoms with van der Waals surface area (Å²) in [6.45, 7) is 0. The number of hydrogen-bond donors (Lipinski definition) is 0. The van der Waals surface area contributed by atoms with Gasteiger partial charge in [-0.25, -0.2) is 0 Å². The molecular formula is C8H10ClNO. The third kappa shape index (κ3) is 2.78. The molecule has 0 aromatic heterocycles. The summed E-state index contributed by atoms with van der Waals surface area (Å²) < 4.78 is 0. The number of halogens is 1. The monoisotopic (exact) mass is 171 g/mol. The van der Waals surface area contributed by atoms with Crippen molar-refractivity contribution in [1.82, 2.24) is 5.06 Å². The average molecular weight is 172 g/mol. The first-order chi connectivity index (χ1) is 5.18. The predicted molar refractivity (Wildman–Crippen MR) is 45.8 cm³/mol. The zero-order valence-corrected chi connectivity index (χ0v) is 7.30. The fourth-order valence-electron chi connectivity index (χ4n) is 0.706. The van der Waals surface area contributed by atoms with Crippen LogP contribution in [0.3, 0.4) is 0 Å². The molecule has 0 aliphatic carbocycles. The van der Waals surface area contributed by atoms with Gasteiger partial charge in [0.25, 0.3) is 0 Å². The molecule has 0 aliphatic rings. The van der Waals surface area contributed by atoms with E-state index in [0.29, 0.717) is 0 Å². The SMILES string of the molecule is CN(C)Oc1ccc(Cl)cc1. The second kappa shape index (κ2) is 3.60. The molecule has 3 heteroatoms. The summed E-state index contributed by atoms with van der Waals surface area (Å²) in [7, 11) is 3.66. The standard InChI is InChI=1S/C8H10ClNO/c1-10(2)11-8-5-3-7(9)4-6-8/h3-6H,1-2H3. The van der Waals surface area contributed by atoms with Gasteiger partial charge in [-0.1, -0.05) is 11.6 Å². The molecule has 0 amide bonds. The van der Waals surface area contributed by atoms with E-state index >= 15 is 0 Å². The molecule has 11 heavy (non-hydrogen) atoms. The topological polar surface area (TPSA) is 12.5 Å². The van der Waals surface area contributed by atoms with Crippen molar-refractivity contribution in [3.05, 3.63) is 29.3 Å². The van der Waals surface area contributed by atoms with Gasteiger partial charge >= 0.3 is 0 Å². The van der Waals surface area contributed by atoms with Gasteiger partial charge < -0.3 is 4.84 Å². The first-order valence-corrected chi connectivity index (χ1v) is 3.67. The Bertz CT molecular complexity index is 220. The zero-order valence-electron chi connectivity index (χ0n) is 6.54. The fraction of sp³-hybridized carbons (Fsp3) is 0.250. The molecule has 60 valence electrons. The normalized spacial score (nSPS) is 10.2. The Hall–Kier alpha value is -0.730. The van der Waals surface area contributed by atoms with Crippen molar-refractivity contribution in [2.75, 3.05) is 14.1 Å². The van der Waals surface area contributed by atoms with E-state index in [0.717, 1.165) is 10.8 Å². The van der Waals surface area contributed by atoms with Crippen LogP contribution in [0.1, 0.15) is 0 Å². The van der Waals surface area contributed by atoms with Crippen LogP contribution in [-0.2, 0) is 0 Å². The molecule has 0 N–H and O–H groups in total. The van der Waals surface area contributed by atoms with E-state index < -0.39 is 0 Å². The van der Waals surface area contributed by atoms with E-state index in [1.54, 1.807) is 17.2 Å². The Labute approximate surface area is 71.3 Å². The molecule has 0 fully saturated rings. The maximum atomic E-state index is 5.68. The van der Waals surface area contributed by atoms with Gasteiger partial charge in [-0.05, 0) is 24.3 Å². The van der Waals surface area contributed by atoms with Gasteiger partial charge in [-0.2, -0.15) is 5.06 Å². The minimum atomic E-state index is 0.719. The van der Waals surface area contributed by atoms with Gasteiger partial charge in [-0.3, -0.25) is 0 Å². The van der Waals surface area contributed by atoms with E-state index in [4.69, 9.17) is 16.4 Å². The summed E-state index contributed by atoms with van der Waals surface area (Å²) in [6, 6.07) is 7.23. The zero-order chi connectivity index (χ0) is 8.27. The van der Waals surface area contributed by atoms with Crippen molar-refractivity contribution >= 4 is 11.6 Å². The van der Waals surface area contributed by atoms with Crippen LogP contribution in [0.15, 0.2) is 24.3 Å². The molecule has 0 atom stereocenters. The Kier molecular flexibility index (Phi) is 2.74. The lowest BCUT2D eigenvalue weighted by Crippen LogP contribution is -2.15. The second-order valence-corrected chi connectivity index (χ2v) is 2.79. The first kappa shape index (κ1) is 8.37. The van der Waals surface area contributed by atoms with Crippen LogP contribution >= 0.6 is 11.6 Å². The molecule has 1 rings (SSSR count). The third-order valence-corrected chi connectivity index (χ3v) is 1.35. The van der Waals surface area contributed by atoms with Crippen LogP contribution in [0.5, 0.6) is 5.75 Å². The van der Waals surface area contributed by atoms with Crippen molar-refractivity contribution < 1.29 is 4.84 Å².